The number of benzene rings is 2. The van der Waals surface area contributed by atoms with E-state index in [0.717, 1.165) is 12.1 Å². The van der Waals surface area contributed by atoms with Crippen molar-refractivity contribution in [1.29, 1.82) is 0 Å². The number of hydrogen-bond donors (Lipinski definition) is 1. The van der Waals surface area contributed by atoms with Gasteiger partial charge in [0, 0.05) is 5.02 Å². The van der Waals surface area contributed by atoms with Crippen molar-refractivity contribution in [1.82, 2.24) is 0 Å². The van der Waals surface area contributed by atoms with E-state index in [1.165, 1.54) is 24.3 Å². The second kappa shape index (κ2) is 5.67. The normalized spacial score (nSPS) is 12.4. The molecule has 0 spiro atoms. The van der Waals surface area contributed by atoms with E-state index in [0.29, 0.717) is 10.5 Å². The summed E-state index contributed by atoms with van der Waals surface area (Å²) >= 11 is 5.86. The standard InChI is InChI=1S/C13H10ClF2NOS/c14-11-5-9(15)2-1-8(11)7-19(18)13-4-3-10(16)6-12(13)17/h1-6H,7,17H2. The van der Waals surface area contributed by atoms with Gasteiger partial charge in [0.25, 0.3) is 0 Å². The van der Waals surface area contributed by atoms with Crippen LogP contribution in [0.3, 0.4) is 0 Å². The predicted molar refractivity (Wildman–Crippen MR) is 72.3 cm³/mol. The summed E-state index contributed by atoms with van der Waals surface area (Å²) in [4.78, 5) is 0.335. The third-order valence-electron chi connectivity index (χ3n) is 2.52. The van der Waals surface area contributed by atoms with Gasteiger partial charge in [-0.05, 0) is 35.9 Å². The van der Waals surface area contributed by atoms with E-state index < -0.39 is 22.4 Å². The van der Waals surface area contributed by atoms with Crippen molar-refractivity contribution in [2.75, 3.05) is 5.73 Å². The van der Waals surface area contributed by atoms with Gasteiger partial charge in [-0.2, -0.15) is 0 Å². The molecule has 0 saturated heterocycles. The largest absolute Gasteiger partial charge is 0.398 e. The minimum absolute atomic E-state index is 0.0922. The Kier molecular flexibility index (Phi) is 4.17. The third kappa shape index (κ3) is 3.30. The summed E-state index contributed by atoms with van der Waals surface area (Å²) in [5.74, 6) is -0.853. The summed E-state index contributed by atoms with van der Waals surface area (Å²) in [5.41, 5.74) is 6.28. The zero-order chi connectivity index (χ0) is 14.0. The van der Waals surface area contributed by atoms with Crippen LogP contribution in [-0.2, 0) is 16.6 Å². The maximum absolute atomic E-state index is 12.9. The van der Waals surface area contributed by atoms with Gasteiger partial charge in [-0.1, -0.05) is 17.7 Å². The molecule has 0 amide bonds. The first-order valence-electron chi connectivity index (χ1n) is 5.34. The highest BCUT2D eigenvalue weighted by Crippen LogP contribution is 2.24. The maximum atomic E-state index is 12.9. The molecular formula is C13H10ClF2NOS. The Hall–Kier alpha value is -1.46. The molecule has 0 aliphatic heterocycles. The fraction of sp³-hybridized carbons (Fsp3) is 0.0769. The zero-order valence-electron chi connectivity index (χ0n) is 9.70. The van der Waals surface area contributed by atoms with Crippen molar-refractivity contribution in [3.05, 3.63) is 58.6 Å². The van der Waals surface area contributed by atoms with Crippen molar-refractivity contribution >= 4 is 28.1 Å². The summed E-state index contributed by atoms with van der Waals surface area (Å²) in [6, 6.07) is 7.54. The number of halogens is 3. The van der Waals surface area contributed by atoms with Crippen LogP contribution < -0.4 is 5.73 Å². The van der Waals surface area contributed by atoms with Gasteiger partial charge >= 0.3 is 0 Å². The van der Waals surface area contributed by atoms with Crippen LogP contribution in [0.25, 0.3) is 0 Å². The quantitative estimate of drug-likeness (QED) is 0.882. The first-order valence-corrected chi connectivity index (χ1v) is 7.04. The Morgan fingerprint density at radius 1 is 1.11 bits per heavy atom. The molecule has 0 fully saturated rings. The number of nitrogen functional groups attached to an aromatic ring is 1. The third-order valence-corrected chi connectivity index (χ3v) is 4.31. The molecule has 19 heavy (non-hydrogen) atoms. The van der Waals surface area contributed by atoms with E-state index in [4.69, 9.17) is 17.3 Å². The summed E-state index contributed by atoms with van der Waals surface area (Å²) in [6.07, 6.45) is 0. The highest BCUT2D eigenvalue weighted by Gasteiger charge is 2.12. The van der Waals surface area contributed by atoms with Gasteiger partial charge in [-0.15, -0.1) is 0 Å². The Morgan fingerprint density at radius 3 is 2.37 bits per heavy atom. The molecule has 2 aromatic carbocycles. The Morgan fingerprint density at radius 2 is 1.74 bits per heavy atom. The SMILES string of the molecule is Nc1cc(F)ccc1S(=O)Cc1ccc(F)cc1Cl. The van der Waals surface area contributed by atoms with E-state index in [-0.39, 0.29) is 16.5 Å². The first kappa shape index (κ1) is 14.0. The van der Waals surface area contributed by atoms with Crippen LogP contribution in [0.15, 0.2) is 41.3 Å². The molecule has 0 aromatic heterocycles. The van der Waals surface area contributed by atoms with Crippen molar-refractivity contribution in [3.8, 4) is 0 Å². The minimum atomic E-state index is -1.47. The topological polar surface area (TPSA) is 43.1 Å². The lowest BCUT2D eigenvalue weighted by molar-refractivity contribution is 0.626. The van der Waals surface area contributed by atoms with Crippen molar-refractivity contribution in [2.45, 2.75) is 10.6 Å². The summed E-state index contributed by atoms with van der Waals surface area (Å²) in [6.45, 7) is 0. The smallest absolute Gasteiger partial charge is 0.125 e. The lowest BCUT2D eigenvalue weighted by Crippen LogP contribution is -2.02. The number of nitrogens with two attached hydrogens (primary N) is 1. The lowest BCUT2D eigenvalue weighted by atomic mass is 10.2. The van der Waals surface area contributed by atoms with E-state index >= 15 is 0 Å². The van der Waals surface area contributed by atoms with Crippen LogP contribution in [0.4, 0.5) is 14.5 Å². The molecule has 1 atom stereocenters. The number of rotatable bonds is 3. The maximum Gasteiger partial charge on any atom is 0.125 e. The molecule has 2 rings (SSSR count). The Balaban J connectivity index is 2.25. The van der Waals surface area contributed by atoms with Gasteiger partial charge in [-0.3, -0.25) is 4.21 Å². The molecule has 0 heterocycles. The molecule has 100 valence electrons. The van der Waals surface area contributed by atoms with Gasteiger partial charge < -0.3 is 5.73 Å². The molecule has 6 heteroatoms. The summed E-state index contributed by atoms with van der Waals surface area (Å²) in [7, 11) is -1.47. The zero-order valence-corrected chi connectivity index (χ0v) is 11.3. The van der Waals surface area contributed by atoms with Crippen LogP contribution in [0, 0.1) is 11.6 Å². The van der Waals surface area contributed by atoms with E-state index in [1.54, 1.807) is 0 Å². The van der Waals surface area contributed by atoms with Gasteiger partial charge in [0.1, 0.15) is 11.6 Å². The highest BCUT2D eigenvalue weighted by atomic mass is 35.5. The molecule has 0 saturated carbocycles. The van der Waals surface area contributed by atoms with E-state index in [2.05, 4.69) is 0 Å². The second-order valence-electron chi connectivity index (χ2n) is 3.91. The van der Waals surface area contributed by atoms with Crippen LogP contribution in [0.1, 0.15) is 5.56 Å². The van der Waals surface area contributed by atoms with E-state index in [1.807, 2.05) is 0 Å². The Bertz CT molecular complexity index is 649. The summed E-state index contributed by atoms with van der Waals surface area (Å²) < 4.78 is 37.9. The van der Waals surface area contributed by atoms with Crippen molar-refractivity contribution in [2.24, 2.45) is 0 Å². The predicted octanol–water partition coefficient (Wildman–Crippen LogP) is 3.51. The fourth-order valence-corrected chi connectivity index (χ4v) is 3.13. The lowest BCUT2D eigenvalue weighted by Gasteiger charge is -2.07. The van der Waals surface area contributed by atoms with Gasteiger partial charge in [-0.25, -0.2) is 8.78 Å². The average Bonchev–Trinajstić information content (AvgIpc) is 2.32. The first-order chi connectivity index (χ1) is 8.97. The number of anilines is 1. The highest BCUT2D eigenvalue weighted by molar-refractivity contribution is 7.84. The molecule has 2 N–H and O–H groups in total. The van der Waals surface area contributed by atoms with Crippen LogP contribution >= 0.6 is 11.6 Å². The van der Waals surface area contributed by atoms with Gasteiger partial charge in [0.05, 0.1) is 27.1 Å². The molecule has 0 aliphatic rings. The van der Waals surface area contributed by atoms with Gasteiger partial charge in [0.15, 0.2) is 0 Å². The van der Waals surface area contributed by atoms with Crippen molar-refractivity contribution in [3.63, 3.8) is 0 Å². The second-order valence-corrected chi connectivity index (χ2v) is 5.73. The van der Waals surface area contributed by atoms with Crippen LogP contribution in [0.5, 0.6) is 0 Å². The molecule has 1 unspecified atom stereocenters. The number of hydrogen-bond acceptors (Lipinski definition) is 2. The van der Waals surface area contributed by atoms with Crippen LogP contribution in [-0.4, -0.2) is 4.21 Å². The molecule has 0 bridgehead atoms. The van der Waals surface area contributed by atoms with Crippen molar-refractivity contribution < 1.29 is 13.0 Å². The minimum Gasteiger partial charge on any atom is -0.398 e. The Labute approximate surface area is 116 Å². The summed E-state index contributed by atoms with van der Waals surface area (Å²) in [5, 5.41) is 0.203. The molecule has 2 aromatic rings. The monoisotopic (exact) mass is 301 g/mol. The molecular weight excluding hydrogens is 292 g/mol. The van der Waals surface area contributed by atoms with E-state index in [9.17, 15) is 13.0 Å². The average molecular weight is 302 g/mol. The molecule has 2 nitrogen and oxygen atoms in total. The fourth-order valence-electron chi connectivity index (χ4n) is 1.58. The molecule has 0 radical (unpaired) electrons. The van der Waals surface area contributed by atoms with Gasteiger partial charge in [0.2, 0.25) is 0 Å². The molecule has 0 aliphatic carbocycles. The van der Waals surface area contributed by atoms with Crippen LogP contribution in [0.2, 0.25) is 5.02 Å².